The summed E-state index contributed by atoms with van der Waals surface area (Å²) in [4.78, 5) is 2.37. The highest BCUT2D eigenvalue weighted by Crippen LogP contribution is 2.23. The van der Waals surface area contributed by atoms with Gasteiger partial charge in [0.2, 0.25) is 0 Å². The molecule has 1 heterocycles. The van der Waals surface area contributed by atoms with E-state index in [0.29, 0.717) is 12.1 Å². The molecule has 0 aliphatic heterocycles. The van der Waals surface area contributed by atoms with Crippen LogP contribution in [0.4, 0.5) is 0 Å². The van der Waals surface area contributed by atoms with Gasteiger partial charge in [-0.15, -0.1) is 0 Å². The quantitative estimate of drug-likeness (QED) is 0.794. The molecule has 2 N–H and O–H groups in total. The van der Waals surface area contributed by atoms with Crippen molar-refractivity contribution in [2.24, 2.45) is 5.73 Å². The van der Waals surface area contributed by atoms with E-state index in [1.54, 1.807) is 6.26 Å². The van der Waals surface area contributed by atoms with Gasteiger partial charge < -0.3 is 10.2 Å². The molecule has 3 heteroatoms. The summed E-state index contributed by atoms with van der Waals surface area (Å²) < 4.78 is 5.05. The van der Waals surface area contributed by atoms with Gasteiger partial charge in [0.15, 0.2) is 0 Å². The highest BCUT2D eigenvalue weighted by Gasteiger charge is 2.24. The van der Waals surface area contributed by atoms with Gasteiger partial charge in [-0.25, -0.2) is 0 Å². The lowest BCUT2D eigenvalue weighted by atomic mass is 10.2. The minimum Gasteiger partial charge on any atom is -0.472 e. The van der Waals surface area contributed by atoms with Crippen molar-refractivity contribution in [1.29, 1.82) is 0 Å². The normalized spacial score (nSPS) is 27.4. The van der Waals surface area contributed by atoms with Crippen LogP contribution >= 0.6 is 0 Å². The van der Waals surface area contributed by atoms with Gasteiger partial charge >= 0.3 is 0 Å². The second-order valence-electron chi connectivity index (χ2n) is 4.27. The van der Waals surface area contributed by atoms with Crippen LogP contribution in [0, 0.1) is 0 Å². The van der Waals surface area contributed by atoms with Crippen molar-refractivity contribution in [1.82, 2.24) is 4.90 Å². The van der Waals surface area contributed by atoms with Crippen molar-refractivity contribution in [3.05, 3.63) is 24.2 Å². The zero-order chi connectivity index (χ0) is 9.97. The first-order chi connectivity index (χ1) is 6.75. The van der Waals surface area contributed by atoms with E-state index >= 15 is 0 Å². The summed E-state index contributed by atoms with van der Waals surface area (Å²) >= 11 is 0. The summed E-state index contributed by atoms with van der Waals surface area (Å²) in [6.07, 6.45) is 7.07. The highest BCUT2D eigenvalue weighted by molar-refractivity contribution is 5.05. The molecule has 0 saturated heterocycles. The summed E-state index contributed by atoms with van der Waals surface area (Å²) in [5.41, 5.74) is 7.13. The first kappa shape index (κ1) is 9.74. The number of hydrogen-bond donors (Lipinski definition) is 1. The van der Waals surface area contributed by atoms with Gasteiger partial charge in [-0.05, 0) is 32.4 Å². The van der Waals surface area contributed by atoms with Gasteiger partial charge in [-0.2, -0.15) is 0 Å². The number of furan rings is 1. The molecule has 3 nitrogen and oxygen atoms in total. The molecule has 1 aliphatic rings. The number of hydrogen-bond acceptors (Lipinski definition) is 3. The van der Waals surface area contributed by atoms with Gasteiger partial charge in [-0.1, -0.05) is 0 Å². The second-order valence-corrected chi connectivity index (χ2v) is 4.27. The predicted octanol–water partition coefficient (Wildman–Crippen LogP) is 1.59. The van der Waals surface area contributed by atoms with Crippen molar-refractivity contribution in [3.63, 3.8) is 0 Å². The van der Waals surface area contributed by atoms with E-state index in [1.807, 2.05) is 12.3 Å². The molecule has 2 unspecified atom stereocenters. The lowest BCUT2D eigenvalue weighted by Crippen LogP contribution is -2.30. The van der Waals surface area contributed by atoms with E-state index in [0.717, 1.165) is 13.0 Å². The summed E-state index contributed by atoms with van der Waals surface area (Å²) in [7, 11) is 2.16. The number of nitrogens with two attached hydrogens (primary N) is 1. The Balaban J connectivity index is 1.87. The molecule has 1 aliphatic carbocycles. The fraction of sp³-hybridized carbons (Fsp3) is 0.636. The molecule has 0 amide bonds. The summed E-state index contributed by atoms with van der Waals surface area (Å²) in [5.74, 6) is 0. The molecule has 14 heavy (non-hydrogen) atoms. The molecule has 1 saturated carbocycles. The van der Waals surface area contributed by atoms with Crippen LogP contribution in [-0.4, -0.2) is 24.0 Å². The molecular formula is C11H18N2O. The average molecular weight is 194 g/mol. The Morgan fingerprint density at radius 1 is 1.57 bits per heavy atom. The van der Waals surface area contributed by atoms with E-state index in [2.05, 4.69) is 11.9 Å². The molecular weight excluding hydrogens is 176 g/mol. The minimum atomic E-state index is 0.409. The summed E-state index contributed by atoms with van der Waals surface area (Å²) in [6, 6.07) is 3.08. The molecule has 1 aromatic heterocycles. The molecule has 0 aromatic carbocycles. The van der Waals surface area contributed by atoms with Crippen LogP contribution in [0.25, 0.3) is 0 Å². The van der Waals surface area contributed by atoms with Crippen molar-refractivity contribution in [3.8, 4) is 0 Å². The Labute approximate surface area is 84.9 Å². The van der Waals surface area contributed by atoms with E-state index in [4.69, 9.17) is 10.2 Å². The molecule has 1 aromatic rings. The maximum Gasteiger partial charge on any atom is 0.0947 e. The molecule has 0 radical (unpaired) electrons. The monoisotopic (exact) mass is 194 g/mol. The second kappa shape index (κ2) is 4.15. The van der Waals surface area contributed by atoms with Crippen molar-refractivity contribution >= 4 is 0 Å². The molecule has 1 fully saturated rings. The van der Waals surface area contributed by atoms with Crippen molar-refractivity contribution in [2.75, 3.05) is 7.05 Å². The fourth-order valence-electron chi connectivity index (χ4n) is 2.19. The zero-order valence-electron chi connectivity index (χ0n) is 8.65. The van der Waals surface area contributed by atoms with Gasteiger partial charge in [0.1, 0.15) is 0 Å². The maximum absolute atomic E-state index is 5.89. The van der Waals surface area contributed by atoms with Gasteiger partial charge in [0.25, 0.3) is 0 Å². The van der Waals surface area contributed by atoms with Gasteiger partial charge in [0, 0.05) is 24.2 Å². The van der Waals surface area contributed by atoms with Crippen LogP contribution < -0.4 is 5.73 Å². The van der Waals surface area contributed by atoms with E-state index in [9.17, 15) is 0 Å². The first-order valence-electron chi connectivity index (χ1n) is 5.22. The zero-order valence-corrected chi connectivity index (χ0v) is 8.65. The van der Waals surface area contributed by atoms with Crippen LogP contribution in [0.15, 0.2) is 23.0 Å². The maximum atomic E-state index is 5.89. The van der Waals surface area contributed by atoms with Crippen LogP contribution in [0.3, 0.4) is 0 Å². The SMILES string of the molecule is CN(Cc1ccoc1)C1CCC(N)C1. The van der Waals surface area contributed by atoms with Crippen LogP contribution in [-0.2, 0) is 6.54 Å². The lowest BCUT2D eigenvalue weighted by Gasteiger charge is -2.23. The third-order valence-electron chi connectivity index (χ3n) is 3.08. The Bertz CT molecular complexity index is 271. The topological polar surface area (TPSA) is 42.4 Å². The summed E-state index contributed by atoms with van der Waals surface area (Å²) in [6.45, 7) is 0.966. The highest BCUT2D eigenvalue weighted by atomic mass is 16.3. The Morgan fingerprint density at radius 2 is 2.43 bits per heavy atom. The Morgan fingerprint density at radius 3 is 3.00 bits per heavy atom. The molecule has 0 bridgehead atoms. The third-order valence-corrected chi connectivity index (χ3v) is 3.08. The molecule has 2 atom stereocenters. The van der Waals surface area contributed by atoms with Crippen molar-refractivity contribution < 1.29 is 4.42 Å². The first-order valence-corrected chi connectivity index (χ1v) is 5.22. The predicted molar refractivity (Wildman–Crippen MR) is 55.8 cm³/mol. The van der Waals surface area contributed by atoms with E-state index in [1.165, 1.54) is 18.4 Å². The molecule has 78 valence electrons. The number of nitrogens with zero attached hydrogens (tertiary/aromatic N) is 1. The Kier molecular flexibility index (Phi) is 2.89. The van der Waals surface area contributed by atoms with Crippen LogP contribution in [0.2, 0.25) is 0 Å². The molecule has 2 rings (SSSR count). The fourth-order valence-corrected chi connectivity index (χ4v) is 2.19. The molecule has 0 spiro atoms. The smallest absolute Gasteiger partial charge is 0.0947 e. The lowest BCUT2D eigenvalue weighted by molar-refractivity contribution is 0.235. The van der Waals surface area contributed by atoms with Crippen molar-refractivity contribution in [2.45, 2.75) is 37.9 Å². The minimum absolute atomic E-state index is 0.409. The van der Waals surface area contributed by atoms with E-state index in [-0.39, 0.29) is 0 Å². The largest absolute Gasteiger partial charge is 0.472 e. The average Bonchev–Trinajstić information content (AvgIpc) is 2.75. The number of rotatable bonds is 3. The third kappa shape index (κ3) is 2.16. The van der Waals surface area contributed by atoms with E-state index < -0.39 is 0 Å². The van der Waals surface area contributed by atoms with Gasteiger partial charge in [-0.3, -0.25) is 4.90 Å². The van der Waals surface area contributed by atoms with Crippen LogP contribution in [0.1, 0.15) is 24.8 Å². The van der Waals surface area contributed by atoms with Crippen LogP contribution in [0.5, 0.6) is 0 Å². The van der Waals surface area contributed by atoms with Gasteiger partial charge in [0.05, 0.1) is 12.5 Å². The Hall–Kier alpha value is -0.800. The standard InChI is InChI=1S/C11H18N2O/c1-13(7-9-4-5-14-8-9)11-3-2-10(12)6-11/h4-5,8,10-11H,2-3,6-7,12H2,1H3. The summed E-state index contributed by atoms with van der Waals surface area (Å²) in [5, 5.41) is 0.